The van der Waals surface area contributed by atoms with E-state index in [1.165, 1.54) is 12.1 Å². The van der Waals surface area contributed by atoms with Crippen molar-refractivity contribution in [1.82, 2.24) is 0 Å². The lowest BCUT2D eigenvalue weighted by Crippen LogP contribution is -2.14. The number of rotatable bonds is 5. The van der Waals surface area contributed by atoms with E-state index in [-0.39, 0.29) is 23.7 Å². The van der Waals surface area contributed by atoms with Crippen LogP contribution in [-0.2, 0) is 0 Å². The van der Waals surface area contributed by atoms with E-state index in [9.17, 15) is 13.2 Å². The van der Waals surface area contributed by atoms with Crippen molar-refractivity contribution in [3.05, 3.63) is 66.0 Å². The van der Waals surface area contributed by atoms with Gasteiger partial charge in [-0.15, -0.1) is 0 Å². The predicted molar refractivity (Wildman–Crippen MR) is 99.0 cm³/mol. The molecule has 1 aliphatic rings. The van der Waals surface area contributed by atoms with Crippen molar-refractivity contribution in [3.63, 3.8) is 0 Å². The Hall–Kier alpha value is -2.23. The molecule has 4 heteroatoms. The number of allylic oxidation sites excluding steroid dienone is 2. The van der Waals surface area contributed by atoms with Crippen LogP contribution in [0.2, 0.25) is 0 Å². The van der Waals surface area contributed by atoms with E-state index in [1.54, 1.807) is 12.1 Å². The Morgan fingerprint density at radius 1 is 1.08 bits per heavy atom. The van der Waals surface area contributed by atoms with E-state index in [1.807, 2.05) is 13.0 Å². The van der Waals surface area contributed by atoms with E-state index in [2.05, 4.69) is 12.7 Å². The van der Waals surface area contributed by atoms with Gasteiger partial charge >= 0.3 is 0 Å². The van der Waals surface area contributed by atoms with Crippen LogP contribution >= 0.6 is 0 Å². The summed E-state index contributed by atoms with van der Waals surface area (Å²) in [4.78, 5) is 0. The second-order valence-electron chi connectivity index (χ2n) is 6.81. The van der Waals surface area contributed by atoms with Crippen LogP contribution < -0.4 is 4.74 Å². The summed E-state index contributed by atoms with van der Waals surface area (Å²) >= 11 is 0. The first kappa shape index (κ1) is 18.6. The lowest BCUT2D eigenvalue weighted by molar-refractivity contribution is 0.343. The van der Waals surface area contributed by atoms with E-state index in [0.29, 0.717) is 16.9 Å². The van der Waals surface area contributed by atoms with Gasteiger partial charge in [0.2, 0.25) is 0 Å². The van der Waals surface area contributed by atoms with E-state index >= 15 is 0 Å². The third-order valence-electron chi connectivity index (χ3n) is 5.15. The maximum atomic E-state index is 14.7. The molecular weight excluding hydrogens is 337 g/mol. The van der Waals surface area contributed by atoms with Crippen LogP contribution in [0.25, 0.3) is 10.8 Å². The highest BCUT2D eigenvalue weighted by Crippen LogP contribution is 2.40. The summed E-state index contributed by atoms with van der Waals surface area (Å²) in [6.07, 6.45) is 9.20. The van der Waals surface area contributed by atoms with Gasteiger partial charge in [-0.25, -0.2) is 13.2 Å². The Labute approximate surface area is 152 Å². The van der Waals surface area contributed by atoms with Crippen LogP contribution in [0, 0.1) is 23.4 Å². The van der Waals surface area contributed by atoms with Crippen molar-refractivity contribution < 1.29 is 17.9 Å². The topological polar surface area (TPSA) is 9.23 Å². The average molecular weight is 360 g/mol. The van der Waals surface area contributed by atoms with Gasteiger partial charge in [0.25, 0.3) is 0 Å². The van der Waals surface area contributed by atoms with E-state index in [4.69, 9.17) is 4.74 Å². The minimum Gasteiger partial charge on any atom is -0.486 e. The quantitative estimate of drug-likeness (QED) is 0.541. The van der Waals surface area contributed by atoms with Crippen LogP contribution in [0.5, 0.6) is 5.75 Å². The standard InChI is InChI=1S/C22H23F3O/c1-3-5-14-6-8-15(9-7-14)17-13-16-10-11-18(26-12-4-2)21(24)19(16)22(25)20(17)23/h3-5,10-11,13-15H,2,6-9,12H2,1H3/b5-3+. The second kappa shape index (κ2) is 7.98. The Balaban J connectivity index is 1.96. The van der Waals surface area contributed by atoms with Gasteiger partial charge in [-0.05, 0) is 67.5 Å². The highest BCUT2D eigenvalue weighted by atomic mass is 19.2. The minimum absolute atomic E-state index is 0.0323. The number of halogens is 3. The Morgan fingerprint density at radius 3 is 2.46 bits per heavy atom. The van der Waals surface area contributed by atoms with Crippen LogP contribution in [0.15, 0.2) is 43.0 Å². The molecule has 0 bridgehead atoms. The molecule has 0 atom stereocenters. The molecule has 1 saturated carbocycles. The first-order valence-electron chi connectivity index (χ1n) is 9.03. The molecule has 0 spiro atoms. The van der Waals surface area contributed by atoms with E-state index < -0.39 is 17.5 Å². The second-order valence-corrected chi connectivity index (χ2v) is 6.81. The SMILES string of the molecule is C=CCOc1ccc2cc(C3CCC(/C=C/C)CC3)c(F)c(F)c2c1F. The lowest BCUT2D eigenvalue weighted by atomic mass is 9.78. The maximum absolute atomic E-state index is 14.7. The van der Waals surface area contributed by atoms with Gasteiger partial charge in [0.05, 0.1) is 5.39 Å². The molecule has 26 heavy (non-hydrogen) atoms. The van der Waals surface area contributed by atoms with Crippen molar-refractivity contribution in [2.24, 2.45) is 5.92 Å². The van der Waals surface area contributed by atoms with Crippen molar-refractivity contribution in [2.45, 2.75) is 38.5 Å². The summed E-state index contributed by atoms with van der Waals surface area (Å²) in [5, 5.41) is 0.00773. The smallest absolute Gasteiger partial charge is 0.175 e. The third kappa shape index (κ3) is 3.50. The van der Waals surface area contributed by atoms with Gasteiger partial charge in [0.1, 0.15) is 6.61 Å². The molecular formula is C22H23F3O. The molecule has 0 saturated heterocycles. The van der Waals surface area contributed by atoms with Crippen molar-refractivity contribution >= 4 is 10.8 Å². The fraction of sp³-hybridized carbons (Fsp3) is 0.364. The molecule has 138 valence electrons. The number of hydrogen-bond acceptors (Lipinski definition) is 1. The summed E-state index contributed by atoms with van der Waals surface area (Å²) in [5.74, 6) is -2.57. The molecule has 2 aromatic rings. The number of hydrogen-bond donors (Lipinski definition) is 0. The maximum Gasteiger partial charge on any atom is 0.175 e. The summed E-state index contributed by atoms with van der Waals surface area (Å²) in [6, 6.07) is 4.62. The van der Waals surface area contributed by atoms with Gasteiger partial charge in [0, 0.05) is 0 Å². The average Bonchev–Trinajstić information content (AvgIpc) is 2.65. The number of ether oxygens (including phenoxy) is 1. The van der Waals surface area contributed by atoms with Crippen LogP contribution in [-0.4, -0.2) is 6.61 Å². The highest BCUT2D eigenvalue weighted by molar-refractivity contribution is 5.86. The predicted octanol–water partition coefficient (Wildman–Crippen LogP) is 6.67. The zero-order valence-corrected chi connectivity index (χ0v) is 14.9. The van der Waals surface area contributed by atoms with Crippen LogP contribution in [0.4, 0.5) is 13.2 Å². The lowest BCUT2D eigenvalue weighted by Gasteiger charge is -2.27. The summed E-state index contributed by atoms with van der Waals surface area (Å²) in [6.45, 7) is 5.58. The first-order chi connectivity index (χ1) is 12.6. The molecule has 0 radical (unpaired) electrons. The molecule has 0 N–H and O–H groups in total. The zero-order chi connectivity index (χ0) is 18.7. The summed E-state index contributed by atoms with van der Waals surface area (Å²) < 4.78 is 49.1. The molecule has 0 aliphatic heterocycles. The van der Waals surface area contributed by atoms with Gasteiger partial charge in [-0.1, -0.05) is 30.9 Å². The van der Waals surface area contributed by atoms with Crippen molar-refractivity contribution in [2.75, 3.05) is 6.61 Å². The molecule has 0 aromatic heterocycles. The number of benzene rings is 2. The Kier molecular flexibility index (Phi) is 5.70. The zero-order valence-electron chi connectivity index (χ0n) is 14.9. The first-order valence-corrected chi connectivity index (χ1v) is 9.03. The highest BCUT2D eigenvalue weighted by Gasteiger charge is 2.27. The fourth-order valence-corrected chi connectivity index (χ4v) is 3.83. The summed E-state index contributed by atoms with van der Waals surface area (Å²) in [5.41, 5.74) is 0.355. The molecule has 2 aromatic carbocycles. The van der Waals surface area contributed by atoms with Crippen molar-refractivity contribution in [3.8, 4) is 5.75 Å². The minimum atomic E-state index is -1.13. The van der Waals surface area contributed by atoms with Crippen molar-refractivity contribution in [1.29, 1.82) is 0 Å². The van der Waals surface area contributed by atoms with Gasteiger partial charge in [-0.2, -0.15) is 0 Å². The molecule has 0 amide bonds. The van der Waals surface area contributed by atoms with Crippen LogP contribution in [0.3, 0.4) is 0 Å². The molecule has 0 heterocycles. The van der Waals surface area contributed by atoms with Gasteiger partial charge in [0.15, 0.2) is 23.2 Å². The largest absolute Gasteiger partial charge is 0.486 e. The van der Waals surface area contributed by atoms with E-state index in [0.717, 1.165) is 25.7 Å². The molecule has 0 unspecified atom stereocenters. The van der Waals surface area contributed by atoms with Gasteiger partial charge in [-0.3, -0.25) is 0 Å². The molecule has 1 fully saturated rings. The number of fused-ring (bicyclic) bond motifs is 1. The Bertz CT molecular complexity index is 833. The van der Waals surface area contributed by atoms with Gasteiger partial charge < -0.3 is 4.74 Å². The molecule has 1 nitrogen and oxygen atoms in total. The molecule has 1 aliphatic carbocycles. The van der Waals surface area contributed by atoms with Crippen LogP contribution in [0.1, 0.15) is 44.1 Å². The normalized spacial score (nSPS) is 20.6. The molecule has 3 rings (SSSR count). The fourth-order valence-electron chi connectivity index (χ4n) is 3.83. The summed E-state index contributed by atoms with van der Waals surface area (Å²) in [7, 11) is 0. The monoisotopic (exact) mass is 360 g/mol. The Morgan fingerprint density at radius 2 is 1.81 bits per heavy atom. The third-order valence-corrected chi connectivity index (χ3v) is 5.15.